The summed E-state index contributed by atoms with van der Waals surface area (Å²) >= 11 is 0. The molecule has 0 aliphatic carbocycles. The maximum atomic E-state index is 10.2. The fourth-order valence-corrected chi connectivity index (χ4v) is 3.10. The second-order valence-corrected chi connectivity index (χ2v) is 10.5. The molecule has 0 radical (unpaired) electrons. The van der Waals surface area contributed by atoms with Crippen LogP contribution in [0.25, 0.3) is 0 Å². The second-order valence-electron chi connectivity index (χ2n) is 9.48. The molecular formula is C23H39NaO8S. The summed E-state index contributed by atoms with van der Waals surface area (Å²) in [5, 5.41) is 0. The first-order chi connectivity index (χ1) is 14.8. The van der Waals surface area contributed by atoms with Crippen LogP contribution in [0.2, 0.25) is 0 Å². The average Bonchev–Trinajstić information content (AvgIpc) is 2.65. The molecule has 0 atom stereocenters. The van der Waals surface area contributed by atoms with Crippen LogP contribution >= 0.6 is 0 Å². The van der Waals surface area contributed by atoms with Crippen molar-refractivity contribution in [1.29, 1.82) is 0 Å². The number of rotatable bonds is 15. The molecule has 186 valence electrons. The molecule has 0 fully saturated rings. The largest absolute Gasteiger partial charge is 1.00 e. The van der Waals surface area contributed by atoms with Crippen molar-refractivity contribution < 1.29 is 65.7 Å². The fourth-order valence-electron chi connectivity index (χ4n) is 2.78. The summed E-state index contributed by atoms with van der Waals surface area (Å²) in [6.45, 7) is 15.9. The van der Waals surface area contributed by atoms with E-state index in [0.717, 1.165) is 5.75 Å². The van der Waals surface area contributed by atoms with E-state index in [1.165, 1.54) is 11.1 Å². The van der Waals surface area contributed by atoms with Crippen molar-refractivity contribution in [3.05, 3.63) is 29.3 Å². The summed E-state index contributed by atoms with van der Waals surface area (Å²) in [5.74, 6) is 0.890. The van der Waals surface area contributed by atoms with Gasteiger partial charge in [0.25, 0.3) is 0 Å². The van der Waals surface area contributed by atoms with Crippen molar-refractivity contribution in [2.24, 2.45) is 0 Å². The Morgan fingerprint density at radius 2 is 1.27 bits per heavy atom. The minimum absolute atomic E-state index is 0. The van der Waals surface area contributed by atoms with Crippen LogP contribution in [0.4, 0.5) is 0 Å². The zero-order valence-corrected chi connectivity index (χ0v) is 24.1. The molecular weight excluding hydrogens is 459 g/mol. The van der Waals surface area contributed by atoms with Gasteiger partial charge in [-0.25, -0.2) is 8.42 Å². The molecule has 0 aliphatic heterocycles. The van der Waals surface area contributed by atoms with Gasteiger partial charge >= 0.3 is 29.6 Å². The van der Waals surface area contributed by atoms with Crippen molar-refractivity contribution in [3.8, 4) is 5.75 Å². The van der Waals surface area contributed by atoms with Crippen LogP contribution in [0.15, 0.2) is 18.2 Å². The van der Waals surface area contributed by atoms with Gasteiger partial charge in [-0.05, 0) is 34.4 Å². The van der Waals surface area contributed by atoms with Crippen LogP contribution in [0.3, 0.4) is 0 Å². The van der Waals surface area contributed by atoms with E-state index in [4.69, 9.17) is 18.9 Å². The first-order valence-electron chi connectivity index (χ1n) is 10.9. The third-order valence-corrected chi connectivity index (χ3v) is 5.00. The molecule has 0 saturated heterocycles. The topological polar surface area (TPSA) is 103 Å². The van der Waals surface area contributed by atoms with Crippen LogP contribution in [0.5, 0.6) is 5.75 Å². The maximum Gasteiger partial charge on any atom is 1.00 e. The minimum atomic E-state index is -4.62. The Hall–Kier alpha value is -0.230. The number of benzene rings is 1. The summed E-state index contributed by atoms with van der Waals surface area (Å²) in [6, 6.07) is 6.42. The van der Waals surface area contributed by atoms with Crippen LogP contribution < -0.4 is 34.3 Å². The normalized spacial score (nSPS) is 12.5. The van der Waals surface area contributed by atoms with Crippen molar-refractivity contribution in [2.75, 3.05) is 52.9 Å². The fraction of sp³-hybridized carbons (Fsp3) is 0.739. The molecule has 0 bridgehead atoms. The first-order valence-corrected chi connectivity index (χ1v) is 12.3. The Labute approximate surface area is 221 Å². The Bertz CT molecular complexity index is 770. The average molecular weight is 499 g/mol. The Kier molecular flexibility index (Phi) is 15.6. The van der Waals surface area contributed by atoms with Crippen molar-refractivity contribution in [2.45, 2.75) is 58.8 Å². The summed E-state index contributed by atoms with van der Waals surface area (Å²) in [6.07, 6.45) is 0.320. The molecule has 0 amide bonds. The van der Waals surface area contributed by atoms with E-state index < -0.39 is 10.4 Å². The van der Waals surface area contributed by atoms with Gasteiger partial charge in [0.05, 0.1) is 39.6 Å². The van der Waals surface area contributed by atoms with E-state index in [1.807, 2.05) is 0 Å². The van der Waals surface area contributed by atoms with Gasteiger partial charge in [-0.2, -0.15) is 0 Å². The minimum Gasteiger partial charge on any atom is -0.726 e. The SMILES string of the molecule is CC(C)(C)c1ccc(OCCOCCOCCOCCCOS(=O)(=O)[O-])c(C(C)(C)C)c1.[Na+]. The van der Waals surface area contributed by atoms with Gasteiger partial charge in [0.2, 0.25) is 10.4 Å². The molecule has 10 heteroatoms. The van der Waals surface area contributed by atoms with Crippen LogP contribution in [-0.4, -0.2) is 65.8 Å². The predicted octanol–water partition coefficient (Wildman–Crippen LogP) is 0.581. The Morgan fingerprint density at radius 3 is 1.76 bits per heavy atom. The van der Waals surface area contributed by atoms with Gasteiger partial charge in [-0.3, -0.25) is 4.18 Å². The maximum absolute atomic E-state index is 10.2. The molecule has 1 rings (SSSR count). The van der Waals surface area contributed by atoms with E-state index in [2.05, 4.69) is 63.9 Å². The van der Waals surface area contributed by atoms with Crippen molar-refractivity contribution in [1.82, 2.24) is 0 Å². The van der Waals surface area contributed by atoms with E-state index >= 15 is 0 Å². The van der Waals surface area contributed by atoms with Gasteiger partial charge < -0.3 is 23.5 Å². The third-order valence-electron chi connectivity index (χ3n) is 4.54. The predicted molar refractivity (Wildman–Crippen MR) is 122 cm³/mol. The molecule has 33 heavy (non-hydrogen) atoms. The molecule has 0 saturated carbocycles. The second kappa shape index (κ2) is 15.7. The standard InChI is InChI=1S/C23H40O8S.Na/c1-22(2,3)19-8-9-21(20(18-19)23(4,5)6)30-17-16-29-15-14-28-13-12-27-10-7-11-31-32(24,25)26;/h8-9,18H,7,10-17H2,1-6H3,(H,24,25,26);/q;+1/p-1. The van der Waals surface area contributed by atoms with Crippen molar-refractivity contribution in [3.63, 3.8) is 0 Å². The zero-order valence-electron chi connectivity index (χ0n) is 21.3. The van der Waals surface area contributed by atoms with Gasteiger partial charge in [0, 0.05) is 6.61 Å². The first kappa shape index (κ1) is 32.8. The van der Waals surface area contributed by atoms with E-state index in [9.17, 15) is 13.0 Å². The number of hydrogen-bond donors (Lipinski definition) is 0. The summed E-state index contributed by atoms with van der Waals surface area (Å²) in [4.78, 5) is 0. The number of ether oxygens (including phenoxy) is 4. The monoisotopic (exact) mass is 498 g/mol. The zero-order chi connectivity index (χ0) is 24.3. The van der Waals surface area contributed by atoms with Crippen molar-refractivity contribution >= 4 is 10.4 Å². The van der Waals surface area contributed by atoms with E-state index in [-0.39, 0.29) is 47.0 Å². The third kappa shape index (κ3) is 15.4. The molecule has 0 spiro atoms. The molecule has 1 aromatic carbocycles. The molecule has 1 aromatic rings. The molecule has 8 nitrogen and oxygen atoms in total. The molecule has 0 heterocycles. The summed E-state index contributed by atoms with van der Waals surface area (Å²) in [7, 11) is -4.62. The molecule has 0 N–H and O–H groups in total. The van der Waals surface area contributed by atoms with E-state index in [1.54, 1.807) is 0 Å². The molecule has 0 aliphatic rings. The van der Waals surface area contributed by atoms with Gasteiger partial charge in [-0.15, -0.1) is 0 Å². The molecule has 0 unspecified atom stereocenters. The van der Waals surface area contributed by atoms with Gasteiger partial charge in [0.15, 0.2) is 0 Å². The summed E-state index contributed by atoms with van der Waals surface area (Å²) < 4.78 is 57.0. The summed E-state index contributed by atoms with van der Waals surface area (Å²) in [5.41, 5.74) is 2.54. The number of hydrogen-bond acceptors (Lipinski definition) is 8. The van der Waals surface area contributed by atoms with Crippen LogP contribution in [0.1, 0.15) is 59.1 Å². The Balaban J connectivity index is 0.0000102. The van der Waals surface area contributed by atoms with Gasteiger partial charge in [-0.1, -0.05) is 53.7 Å². The Morgan fingerprint density at radius 1 is 0.758 bits per heavy atom. The smallest absolute Gasteiger partial charge is 0.726 e. The quantitative estimate of drug-likeness (QED) is 0.150. The molecule has 0 aromatic heterocycles. The van der Waals surface area contributed by atoms with Crippen LogP contribution in [0, 0.1) is 0 Å². The van der Waals surface area contributed by atoms with E-state index in [0.29, 0.717) is 52.7 Å². The van der Waals surface area contributed by atoms with Crippen LogP contribution in [-0.2, 0) is 39.6 Å². The van der Waals surface area contributed by atoms with Gasteiger partial charge in [0.1, 0.15) is 12.4 Å².